The summed E-state index contributed by atoms with van der Waals surface area (Å²) in [6, 6.07) is 5.18. The van der Waals surface area contributed by atoms with Gasteiger partial charge in [0.2, 0.25) is 0 Å². The van der Waals surface area contributed by atoms with Crippen molar-refractivity contribution < 1.29 is 26.3 Å². The number of hydrogen-bond acceptors (Lipinski definition) is 3. The molecular weight excluding hydrogens is 390 g/mol. The Bertz CT molecular complexity index is 514. The Labute approximate surface area is 152 Å². The van der Waals surface area contributed by atoms with Gasteiger partial charge in [-0.2, -0.15) is 26.3 Å². The summed E-state index contributed by atoms with van der Waals surface area (Å²) in [6.07, 6.45) is -5.27. The highest BCUT2D eigenvalue weighted by Gasteiger charge is 2.32. The molecule has 1 aromatic carbocycles. The summed E-state index contributed by atoms with van der Waals surface area (Å²) in [5.74, 6) is 0. The third kappa shape index (κ3) is 8.06. The number of alkyl halides is 6. The minimum atomic E-state index is -4.38. The lowest BCUT2D eigenvalue weighted by atomic mass is 9.99. The van der Waals surface area contributed by atoms with Crippen molar-refractivity contribution in [3.05, 3.63) is 29.8 Å². The summed E-state index contributed by atoms with van der Waals surface area (Å²) in [7, 11) is 0. The first-order valence-corrected chi connectivity index (χ1v) is 8.33. The van der Waals surface area contributed by atoms with Gasteiger partial charge in [-0.25, -0.2) is 0 Å². The van der Waals surface area contributed by atoms with Crippen LogP contribution in [0.2, 0.25) is 0 Å². The SMILES string of the molecule is Cl.FC(F)(F)CC[C@@H](c1ccc(SC(F)(F)F)cc1)N1CCNCC1. The maximum absolute atomic E-state index is 12.6. The van der Waals surface area contributed by atoms with Gasteiger partial charge in [-0.1, -0.05) is 12.1 Å². The number of hydrogen-bond donors (Lipinski definition) is 1. The number of nitrogens with zero attached hydrogens (tertiary/aromatic N) is 1. The van der Waals surface area contributed by atoms with Crippen LogP contribution in [0.5, 0.6) is 0 Å². The van der Waals surface area contributed by atoms with E-state index in [9.17, 15) is 26.3 Å². The Morgan fingerprint density at radius 1 is 1.00 bits per heavy atom. The fourth-order valence-corrected chi connectivity index (χ4v) is 3.29. The molecule has 1 atom stereocenters. The zero-order valence-corrected chi connectivity index (χ0v) is 14.8. The van der Waals surface area contributed by atoms with Gasteiger partial charge >= 0.3 is 11.7 Å². The number of nitrogens with one attached hydrogen (secondary N) is 1. The Morgan fingerprint density at radius 2 is 1.56 bits per heavy atom. The number of rotatable bonds is 5. The molecule has 0 saturated carbocycles. The molecule has 0 radical (unpaired) electrons. The van der Waals surface area contributed by atoms with Crippen LogP contribution < -0.4 is 5.32 Å². The average Bonchev–Trinajstić information content (AvgIpc) is 2.47. The molecule has 0 amide bonds. The normalized spacial score (nSPS) is 17.8. The van der Waals surface area contributed by atoms with Gasteiger partial charge < -0.3 is 5.32 Å². The van der Waals surface area contributed by atoms with Gasteiger partial charge in [0.05, 0.1) is 0 Å². The highest BCUT2D eigenvalue weighted by Crippen LogP contribution is 2.38. The van der Waals surface area contributed by atoms with Gasteiger partial charge in [0, 0.05) is 43.5 Å². The fraction of sp³-hybridized carbons (Fsp3) is 0.600. The fourth-order valence-electron chi connectivity index (χ4n) is 2.75. The molecule has 1 fully saturated rings. The number of benzene rings is 1. The summed E-state index contributed by atoms with van der Waals surface area (Å²) in [4.78, 5) is 1.98. The van der Waals surface area contributed by atoms with E-state index >= 15 is 0 Å². The van der Waals surface area contributed by atoms with E-state index in [-0.39, 0.29) is 35.5 Å². The molecule has 2 nitrogen and oxygen atoms in total. The number of piperazine rings is 1. The van der Waals surface area contributed by atoms with Crippen LogP contribution in [0, 0.1) is 0 Å². The van der Waals surface area contributed by atoms with Crippen molar-refractivity contribution in [3.8, 4) is 0 Å². The zero-order valence-electron chi connectivity index (χ0n) is 13.2. The third-order valence-electron chi connectivity index (χ3n) is 3.79. The Morgan fingerprint density at radius 3 is 2.04 bits per heavy atom. The Kier molecular flexibility index (Phi) is 8.37. The highest BCUT2D eigenvalue weighted by molar-refractivity contribution is 8.00. The molecule has 0 aromatic heterocycles. The highest BCUT2D eigenvalue weighted by atomic mass is 35.5. The molecule has 1 aliphatic heterocycles. The van der Waals surface area contributed by atoms with Crippen molar-refractivity contribution in [2.45, 2.75) is 35.5 Å². The van der Waals surface area contributed by atoms with Crippen molar-refractivity contribution in [1.82, 2.24) is 10.2 Å². The van der Waals surface area contributed by atoms with Crippen LogP contribution in [0.3, 0.4) is 0 Å². The maximum atomic E-state index is 12.6. The monoisotopic (exact) mass is 408 g/mol. The van der Waals surface area contributed by atoms with Gasteiger partial charge in [-0.3, -0.25) is 4.90 Å². The molecule has 0 unspecified atom stereocenters. The molecular formula is C15H19ClF6N2S. The second kappa shape index (κ2) is 9.34. The van der Waals surface area contributed by atoms with Crippen LogP contribution in [0.4, 0.5) is 26.3 Å². The van der Waals surface area contributed by atoms with Crippen LogP contribution in [-0.4, -0.2) is 42.8 Å². The quantitative estimate of drug-likeness (QED) is 0.544. The summed E-state index contributed by atoms with van der Waals surface area (Å²) in [6.45, 7) is 2.60. The standard InChI is InChI=1S/C15H18F6N2S.ClH/c16-14(17,18)6-5-13(23-9-7-22-8-10-23)11-1-3-12(4-2-11)24-15(19,20)21;/h1-4,13,22H,5-10H2;1H/t13-;/m0./s1. The lowest BCUT2D eigenvalue weighted by Gasteiger charge is -2.35. The van der Waals surface area contributed by atoms with Crippen LogP contribution >= 0.6 is 24.2 Å². The second-order valence-electron chi connectivity index (χ2n) is 5.57. The largest absolute Gasteiger partial charge is 0.446 e. The van der Waals surface area contributed by atoms with E-state index in [0.717, 1.165) is 0 Å². The average molecular weight is 409 g/mol. The lowest BCUT2D eigenvalue weighted by molar-refractivity contribution is -0.138. The molecule has 1 aromatic rings. The second-order valence-corrected chi connectivity index (χ2v) is 6.71. The van der Waals surface area contributed by atoms with Crippen molar-refractivity contribution in [2.24, 2.45) is 0 Å². The minimum Gasteiger partial charge on any atom is -0.314 e. The number of thioether (sulfide) groups is 1. The van der Waals surface area contributed by atoms with Crippen molar-refractivity contribution in [2.75, 3.05) is 26.2 Å². The smallest absolute Gasteiger partial charge is 0.314 e. The van der Waals surface area contributed by atoms with Crippen molar-refractivity contribution >= 4 is 24.2 Å². The van der Waals surface area contributed by atoms with E-state index in [4.69, 9.17) is 0 Å². The molecule has 0 aliphatic carbocycles. The van der Waals surface area contributed by atoms with E-state index in [1.54, 1.807) is 0 Å². The summed E-state index contributed by atoms with van der Waals surface area (Å²) < 4.78 is 74.9. The lowest BCUT2D eigenvalue weighted by Crippen LogP contribution is -2.45. The van der Waals surface area contributed by atoms with Crippen LogP contribution in [0.1, 0.15) is 24.4 Å². The number of halogens is 7. The van der Waals surface area contributed by atoms with Crippen LogP contribution in [0.25, 0.3) is 0 Å². The predicted molar refractivity (Wildman–Crippen MR) is 88.1 cm³/mol. The van der Waals surface area contributed by atoms with Gasteiger partial charge in [0.15, 0.2) is 0 Å². The zero-order chi connectivity index (χ0) is 17.8. The third-order valence-corrected chi connectivity index (χ3v) is 4.53. The summed E-state index contributed by atoms with van der Waals surface area (Å²) >= 11 is -0.229. The molecule has 144 valence electrons. The van der Waals surface area contributed by atoms with Crippen LogP contribution in [-0.2, 0) is 0 Å². The van der Waals surface area contributed by atoms with E-state index in [2.05, 4.69) is 5.32 Å². The molecule has 2 rings (SSSR count). The van der Waals surface area contributed by atoms with E-state index in [1.807, 2.05) is 4.90 Å². The molecule has 0 bridgehead atoms. The van der Waals surface area contributed by atoms with Crippen LogP contribution in [0.15, 0.2) is 29.2 Å². The van der Waals surface area contributed by atoms with Crippen molar-refractivity contribution in [1.29, 1.82) is 0 Å². The predicted octanol–water partition coefficient (Wildman–Crippen LogP) is 5.01. The first kappa shape index (κ1) is 22.4. The topological polar surface area (TPSA) is 15.3 Å². The minimum absolute atomic E-state index is 0. The van der Waals surface area contributed by atoms with Gasteiger partial charge in [0.25, 0.3) is 0 Å². The molecule has 25 heavy (non-hydrogen) atoms. The van der Waals surface area contributed by atoms with Gasteiger partial charge in [-0.05, 0) is 35.9 Å². The van der Waals surface area contributed by atoms with Gasteiger partial charge in [0.1, 0.15) is 0 Å². The molecule has 1 heterocycles. The van der Waals surface area contributed by atoms with E-state index in [0.29, 0.717) is 31.7 Å². The van der Waals surface area contributed by atoms with E-state index < -0.39 is 24.1 Å². The summed E-state index contributed by atoms with van der Waals surface area (Å²) in [5, 5.41) is 3.14. The summed E-state index contributed by atoms with van der Waals surface area (Å²) in [5.41, 5.74) is -3.76. The van der Waals surface area contributed by atoms with E-state index in [1.165, 1.54) is 24.3 Å². The maximum Gasteiger partial charge on any atom is 0.446 e. The molecule has 1 saturated heterocycles. The molecule has 0 spiro atoms. The van der Waals surface area contributed by atoms with Crippen molar-refractivity contribution in [3.63, 3.8) is 0 Å². The molecule has 10 heteroatoms. The molecule has 1 N–H and O–H groups in total. The van der Waals surface area contributed by atoms with Gasteiger partial charge in [-0.15, -0.1) is 12.4 Å². The Balaban J connectivity index is 0.00000312. The first-order valence-electron chi connectivity index (χ1n) is 7.51. The molecule has 1 aliphatic rings. The first-order chi connectivity index (χ1) is 11.1. The Hall–Kier alpha value is -0.640.